The Morgan fingerprint density at radius 3 is 2.49 bits per heavy atom. The number of halogens is 1. The monoisotopic (exact) mass is 507 g/mol. The largest absolute Gasteiger partial charge is 0.507 e. The van der Waals surface area contributed by atoms with Crippen LogP contribution in [-0.4, -0.2) is 78.4 Å². The smallest absolute Gasteiger partial charge is 0.296 e. The summed E-state index contributed by atoms with van der Waals surface area (Å²) in [4.78, 5) is 46.5. The molecule has 0 saturated carbocycles. The molecule has 2 fully saturated rings. The van der Waals surface area contributed by atoms with Crippen LogP contribution in [0.4, 0.5) is 10.1 Å². The van der Waals surface area contributed by atoms with Crippen LogP contribution in [0.2, 0.25) is 0 Å². The number of ether oxygens (including phenoxy) is 1. The van der Waals surface area contributed by atoms with E-state index in [1.165, 1.54) is 17.0 Å². The number of rotatable bonds is 6. The van der Waals surface area contributed by atoms with Gasteiger partial charge in [-0.3, -0.25) is 19.3 Å². The Labute approximate surface area is 214 Å². The Hall–Kier alpha value is -3.56. The van der Waals surface area contributed by atoms with E-state index in [1.807, 2.05) is 6.92 Å². The maximum atomic E-state index is 14.5. The number of aliphatic hydroxyl groups is 1. The molecule has 1 atom stereocenters. The highest BCUT2D eigenvalue weighted by Gasteiger charge is 2.66. The first-order valence-corrected chi connectivity index (χ1v) is 12.6. The lowest BCUT2D eigenvalue weighted by atomic mass is 9.82. The Morgan fingerprint density at radius 1 is 1.05 bits per heavy atom. The highest BCUT2D eigenvalue weighted by atomic mass is 19.1. The van der Waals surface area contributed by atoms with Crippen molar-refractivity contribution >= 4 is 29.0 Å². The van der Waals surface area contributed by atoms with Gasteiger partial charge in [-0.2, -0.15) is 0 Å². The zero-order chi connectivity index (χ0) is 26.3. The fourth-order valence-corrected chi connectivity index (χ4v) is 5.56. The number of morpholine rings is 1. The average Bonchev–Trinajstić information content (AvgIpc) is 3.28. The van der Waals surface area contributed by atoms with Gasteiger partial charge in [0, 0.05) is 43.9 Å². The van der Waals surface area contributed by atoms with Crippen LogP contribution in [0, 0.1) is 12.7 Å². The lowest BCUT2D eigenvalue weighted by molar-refractivity contribution is -0.144. The summed E-state index contributed by atoms with van der Waals surface area (Å²) in [5.41, 5.74) is -0.699. The summed E-state index contributed by atoms with van der Waals surface area (Å²) in [6.45, 7) is 6.91. The number of fused-ring (bicyclic) bond motifs is 2. The molecule has 0 aromatic heterocycles. The first-order chi connectivity index (χ1) is 17.8. The van der Waals surface area contributed by atoms with Gasteiger partial charge >= 0.3 is 0 Å². The molecule has 1 spiro atoms. The standard InChI is InChI=1S/C28H30FN3O5/c1-3-10-31-22-7-5-4-6-20(22)28(27(31)36)23(24(33)19-9-8-18(2)21(29)17-19)25(34)26(35)32(28)12-11-30-13-15-37-16-14-30/h4-9,17,33H,3,10-16H2,1-2H3/t28-/m0/s1. The zero-order valence-corrected chi connectivity index (χ0v) is 21.0. The second-order valence-electron chi connectivity index (χ2n) is 9.61. The van der Waals surface area contributed by atoms with Gasteiger partial charge in [0.2, 0.25) is 0 Å². The minimum absolute atomic E-state index is 0.0351. The minimum atomic E-state index is -1.84. The predicted octanol–water partition coefficient (Wildman–Crippen LogP) is 2.80. The Morgan fingerprint density at radius 2 is 1.78 bits per heavy atom. The van der Waals surface area contributed by atoms with Gasteiger partial charge in [0.1, 0.15) is 11.6 Å². The quantitative estimate of drug-likeness (QED) is 0.368. The number of carbonyl (C=O) groups is 3. The summed E-state index contributed by atoms with van der Waals surface area (Å²) in [5.74, 6) is -3.41. The molecule has 5 rings (SSSR count). The highest BCUT2D eigenvalue weighted by molar-refractivity contribution is 6.50. The topological polar surface area (TPSA) is 90.4 Å². The summed E-state index contributed by atoms with van der Waals surface area (Å²) >= 11 is 0. The fraction of sp³-hybridized carbons (Fsp3) is 0.393. The number of Topliss-reactive ketones (excluding diaryl/α,β-unsaturated/α-hetero) is 1. The summed E-state index contributed by atoms with van der Waals surface area (Å²) < 4.78 is 19.9. The first kappa shape index (κ1) is 25.1. The van der Waals surface area contributed by atoms with Crippen molar-refractivity contribution in [3.05, 3.63) is 70.5 Å². The van der Waals surface area contributed by atoms with Gasteiger partial charge in [-0.25, -0.2) is 4.39 Å². The normalized spacial score (nSPS) is 23.4. The molecule has 0 radical (unpaired) electrons. The van der Waals surface area contributed by atoms with Crippen LogP contribution in [0.25, 0.3) is 5.76 Å². The predicted molar refractivity (Wildman–Crippen MR) is 135 cm³/mol. The molecule has 2 aromatic rings. The number of ketones is 1. The molecule has 194 valence electrons. The van der Waals surface area contributed by atoms with Crippen molar-refractivity contribution in [3.8, 4) is 0 Å². The van der Waals surface area contributed by atoms with Crippen LogP contribution in [-0.2, 0) is 24.7 Å². The van der Waals surface area contributed by atoms with Crippen molar-refractivity contribution in [1.82, 2.24) is 9.80 Å². The van der Waals surface area contributed by atoms with Gasteiger partial charge < -0.3 is 19.6 Å². The number of carbonyl (C=O) groups excluding carboxylic acids is 3. The number of benzene rings is 2. The van der Waals surface area contributed by atoms with Crippen molar-refractivity contribution in [2.75, 3.05) is 50.8 Å². The van der Waals surface area contributed by atoms with Gasteiger partial charge in [-0.1, -0.05) is 37.3 Å². The molecule has 2 amide bonds. The summed E-state index contributed by atoms with van der Waals surface area (Å²) in [6.07, 6.45) is 0.653. The number of aliphatic hydroxyl groups excluding tert-OH is 1. The molecule has 9 heteroatoms. The van der Waals surface area contributed by atoms with Crippen molar-refractivity contribution < 1.29 is 28.6 Å². The molecular weight excluding hydrogens is 477 g/mol. The second-order valence-corrected chi connectivity index (χ2v) is 9.61. The first-order valence-electron chi connectivity index (χ1n) is 12.6. The number of hydrogen-bond donors (Lipinski definition) is 1. The molecule has 37 heavy (non-hydrogen) atoms. The van der Waals surface area contributed by atoms with Crippen LogP contribution in [0.3, 0.4) is 0 Å². The molecule has 0 aliphatic carbocycles. The second kappa shape index (κ2) is 9.72. The number of aryl methyl sites for hydroxylation is 1. The molecule has 8 nitrogen and oxygen atoms in total. The number of para-hydroxylation sites is 1. The molecule has 3 aliphatic heterocycles. The van der Waals surface area contributed by atoms with Crippen molar-refractivity contribution in [2.45, 2.75) is 25.8 Å². The Balaban J connectivity index is 1.72. The van der Waals surface area contributed by atoms with E-state index >= 15 is 0 Å². The molecule has 3 aliphatic rings. The molecule has 1 N–H and O–H groups in total. The van der Waals surface area contributed by atoms with E-state index in [9.17, 15) is 23.9 Å². The van der Waals surface area contributed by atoms with Crippen LogP contribution in [0.15, 0.2) is 48.0 Å². The van der Waals surface area contributed by atoms with Crippen molar-refractivity contribution in [2.24, 2.45) is 0 Å². The van der Waals surface area contributed by atoms with Crippen molar-refractivity contribution in [3.63, 3.8) is 0 Å². The molecule has 2 saturated heterocycles. The molecular formula is C28H30FN3O5. The molecule has 2 aromatic carbocycles. The number of nitrogens with zero attached hydrogens (tertiary/aromatic N) is 3. The van der Waals surface area contributed by atoms with E-state index in [0.29, 0.717) is 62.6 Å². The number of anilines is 1. The third-order valence-corrected chi connectivity index (χ3v) is 7.45. The lowest BCUT2D eigenvalue weighted by Gasteiger charge is -2.36. The van der Waals surface area contributed by atoms with E-state index in [-0.39, 0.29) is 17.7 Å². The summed E-state index contributed by atoms with van der Waals surface area (Å²) in [5, 5.41) is 11.5. The average molecular weight is 508 g/mol. The number of likely N-dealkylation sites (tertiary alicyclic amines) is 1. The zero-order valence-electron chi connectivity index (χ0n) is 21.0. The van der Waals surface area contributed by atoms with Gasteiger partial charge in [0.15, 0.2) is 5.54 Å². The maximum Gasteiger partial charge on any atom is 0.296 e. The van der Waals surface area contributed by atoms with Gasteiger partial charge in [0.25, 0.3) is 17.6 Å². The number of amides is 2. The third-order valence-electron chi connectivity index (χ3n) is 7.45. The fourth-order valence-electron chi connectivity index (χ4n) is 5.56. The van der Waals surface area contributed by atoms with E-state index < -0.39 is 34.7 Å². The third kappa shape index (κ3) is 3.84. The maximum absolute atomic E-state index is 14.5. The summed E-state index contributed by atoms with van der Waals surface area (Å²) in [7, 11) is 0. The number of hydrogen-bond acceptors (Lipinski definition) is 6. The summed E-state index contributed by atoms with van der Waals surface area (Å²) in [6, 6.07) is 11.1. The van der Waals surface area contributed by atoms with E-state index in [2.05, 4.69) is 4.90 Å². The molecule has 3 heterocycles. The Bertz CT molecular complexity index is 1300. The minimum Gasteiger partial charge on any atom is -0.507 e. The SMILES string of the molecule is CCCN1C(=O)[C@@]2(C(=C(O)c3ccc(C)c(F)c3)C(=O)C(=O)N2CCN2CCOCC2)c2ccccc21. The van der Waals surface area contributed by atoms with Crippen LogP contribution in [0.5, 0.6) is 0 Å². The van der Waals surface area contributed by atoms with E-state index in [1.54, 1.807) is 36.1 Å². The van der Waals surface area contributed by atoms with Gasteiger partial charge in [-0.05, 0) is 31.0 Å². The molecule has 0 unspecified atom stereocenters. The van der Waals surface area contributed by atoms with Gasteiger partial charge in [0.05, 0.1) is 24.5 Å². The van der Waals surface area contributed by atoms with Crippen LogP contribution in [0.1, 0.15) is 30.0 Å². The Kier molecular flexibility index (Phi) is 6.59. The highest BCUT2D eigenvalue weighted by Crippen LogP contribution is 2.53. The molecule has 0 bridgehead atoms. The van der Waals surface area contributed by atoms with Crippen LogP contribution < -0.4 is 4.90 Å². The van der Waals surface area contributed by atoms with E-state index in [0.717, 1.165) is 6.07 Å². The van der Waals surface area contributed by atoms with Gasteiger partial charge in [-0.15, -0.1) is 0 Å². The lowest BCUT2D eigenvalue weighted by Crippen LogP contribution is -2.54. The van der Waals surface area contributed by atoms with E-state index in [4.69, 9.17) is 4.74 Å². The van der Waals surface area contributed by atoms with Crippen molar-refractivity contribution in [1.29, 1.82) is 0 Å². The van der Waals surface area contributed by atoms with Crippen LogP contribution >= 0.6 is 0 Å².